The van der Waals surface area contributed by atoms with Gasteiger partial charge in [0, 0.05) is 31.8 Å². The Labute approximate surface area is 209 Å². The van der Waals surface area contributed by atoms with Gasteiger partial charge in [-0.3, -0.25) is 4.79 Å². The first-order chi connectivity index (χ1) is 16.7. The lowest BCUT2D eigenvalue weighted by Gasteiger charge is -2.22. The van der Waals surface area contributed by atoms with E-state index in [9.17, 15) is 24.3 Å². The van der Waals surface area contributed by atoms with Crippen molar-refractivity contribution in [1.29, 1.82) is 0 Å². The van der Waals surface area contributed by atoms with Crippen LogP contribution in [0.3, 0.4) is 0 Å². The fourth-order valence-corrected chi connectivity index (χ4v) is 3.75. The summed E-state index contributed by atoms with van der Waals surface area (Å²) in [5.41, 5.74) is 0.229. The van der Waals surface area contributed by atoms with Crippen LogP contribution < -0.4 is 16.3 Å². The zero-order chi connectivity index (χ0) is 25.5. The van der Waals surface area contributed by atoms with Crippen LogP contribution in [0.4, 0.5) is 10.6 Å². The molecule has 0 radical (unpaired) electrons. The van der Waals surface area contributed by atoms with Crippen molar-refractivity contribution >= 4 is 46.9 Å². The summed E-state index contributed by atoms with van der Waals surface area (Å²) in [7, 11) is 1.53. The molecule has 0 saturated carbocycles. The van der Waals surface area contributed by atoms with Crippen LogP contribution in [0.1, 0.15) is 21.5 Å². The maximum atomic E-state index is 12.8. The van der Waals surface area contributed by atoms with Gasteiger partial charge in [-0.1, -0.05) is 59.6 Å². The summed E-state index contributed by atoms with van der Waals surface area (Å²) in [5.74, 6) is -2.24. The number of urea groups is 1. The Balaban J connectivity index is 1.78. The number of H-pyrrole nitrogens is 1. The molecule has 1 atom stereocenters. The third-order valence-electron chi connectivity index (χ3n) is 4.94. The van der Waals surface area contributed by atoms with Crippen LogP contribution in [-0.2, 0) is 17.8 Å². The van der Waals surface area contributed by atoms with Crippen molar-refractivity contribution in [1.82, 2.24) is 20.2 Å². The summed E-state index contributed by atoms with van der Waals surface area (Å²) in [4.78, 5) is 56.4. The molecule has 1 aromatic heterocycles. The third-order valence-corrected chi connectivity index (χ3v) is 5.57. The zero-order valence-corrected chi connectivity index (χ0v) is 19.9. The molecule has 12 heteroatoms. The van der Waals surface area contributed by atoms with E-state index in [1.54, 1.807) is 6.07 Å². The number of hydrogen-bond acceptors (Lipinski definition) is 5. The maximum absolute atomic E-state index is 12.8. The first kappa shape index (κ1) is 25.7. The Hall–Kier alpha value is -3.89. The highest BCUT2D eigenvalue weighted by molar-refractivity contribution is 6.40. The van der Waals surface area contributed by atoms with Gasteiger partial charge in [-0.25, -0.2) is 14.4 Å². The largest absolute Gasteiger partial charge is 0.480 e. The average Bonchev–Trinajstić information content (AvgIpc) is 2.80. The highest BCUT2D eigenvalue weighted by Gasteiger charge is 2.25. The second-order valence-electron chi connectivity index (χ2n) is 7.52. The predicted molar refractivity (Wildman–Crippen MR) is 131 cm³/mol. The van der Waals surface area contributed by atoms with Crippen molar-refractivity contribution in [3.63, 3.8) is 0 Å². The quantitative estimate of drug-likeness (QED) is 0.361. The molecule has 0 aliphatic heterocycles. The minimum atomic E-state index is -1.38. The van der Waals surface area contributed by atoms with E-state index in [-0.39, 0.29) is 40.0 Å². The number of nitrogens with zero attached hydrogens (tertiary/aromatic N) is 2. The van der Waals surface area contributed by atoms with Gasteiger partial charge in [-0.2, -0.15) is 4.98 Å². The maximum Gasteiger partial charge on any atom is 0.346 e. The molecule has 35 heavy (non-hydrogen) atoms. The van der Waals surface area contributed by atoms with Gasteiger partial charge in [-0.15, -0.1) is 0 Å². The molecule has 0 aliphatic rings. The number of carbonyl (C=O) groups excluding carboxylic acids is 2. The van der Waals surface area contributed by atoms with Crippen molar-refractivity contribution in [2.75, 3.05) is 12.4 Å². The number of anilines is 1. The number of hydrogen-bond donors (Lipinski definition) is 4. The van der Waals surface area contributed by atoms with Crippen LogP contribution in [0.25, 0.3) is 0 Å². The normalized spacial score (nSPS) is 11.4. The summed E-state index contributed by atoms with van der Waals surface area (Å²) < 4.78 is 0. The van der Waals surface area contributed by atoms with E-state index in [0.29, 0.717) is 0 Å². The van der Waals surface area contributed by atoms with Crippen LogP contribution in [0.2, 0.25) is 10.0 Å². The van der Waals surface area contributed by atoms with Crippen molar-refractivity contribution in [3.05, 3.63) is 91.9 Å². The van der Waals surface area contributed by atoms with E-state index >= 15 is 0 Å². The Bertz CT molecular complexity index is 1280. The van der Waals surface area contributed by atoms with Crippen LogP contribution in [0.5, 0.6) is 0 Å². The molecule has 3 rings (SSSR count). The fourth-order valence-electron chi connectivity index (χ4n) is 3.18. The number of benzene rings is 2. The Morgan fingerprint density at radius 2 is 1.74 bits per heavy atom. The summed E-state index contributed by atoms with van der Waals surface area (Å²) in [5, 5.41) is 14.7. The molecule has 0 fully saturated rings. The number of nitrogens with one attached hydrogen (secondary N) is 3. The second kappa shape index (κ2) is 11.5. The molecule has 3 amide bonds. The average molecular weight is 518 g/mol. The Morgan fingerprint density at radius 3 is 2.37 bits per heavy atom. The molecule has 10 nitrogen and oxygen atoms in total. The van der Waals surface area contributed by atoms with Crippen LogP contribution in [0, 0.1) is 0 Å². The third kappa shape index (κ3) is 6.81. The smallest absolute Gasteiger partial charge is 0.346 e. The van der Waals surface area contributed by atoms with E-state index in [4.69, 9.17) is 23.2 Å². The van der Waals surface area contributed by atoms with Gasteiger partial charge < -0.3 is 25.6 Å². The lowest BCUT2D eigenvalue weighted by molar-refractivity contribution is -0.139. The molecule has 1 heterocycles. The summed E-state index contributed by atoms with van der Waals surface area (Å²) >= 11 is 12.1. The molecule has 0 spiro atoms. The predicted octanol–water partition coefficient (Wildman–Crippen LogP) is 3.17. The number of aliphatic carboxylic acids is 1. The molecule has 0 bridgehead atoms. The van der Waals surface area contributed by atoms with Crippen molar-refractivity contribution in [2.24, 2.45) is 0 Å². The number of carbonyl (C=O) groups is 3. The molecular formula is C23H21Cl2N5O5. The van der Waals surface area contributed by atoms with Crippen LogP contribution in [0.15, 0.2) is 59.5 Å². The minimum Gasteiger partial charge on any atom is -0.480 e. The van der Waals surface area contributed by atoms with E-state index in [1.807, 2.05) is 30.3 Å². The molecular weight excluding hydrogens is 497 g/mol. The number of carboxylic acid groups (broad SMARTS) is 1. The number of carboxylic acids is 1. The Kier molecular flexibility index (Phi) is 8.45. The minimum absolute atomic E-state index is 0.0329. The van der Waals surface area contributed by atoms with Crippen molar-refractivity contribution < 1.29 is 19.5 Å². The number of aromatic nitrogens is 2. The SMILES string of the molecule is CN(Cc1ccccc1)C(=O)NC(Cc1c[nH]c(=O)nc1NC(=O)c1c(Cl)cccc1Cl)C(=O)O. The molecule has 0 aliphatic carbocycles. The van der Waals surface area contributed by atoms with Crippen molar-refractivity contribution in [3.8, 4) is 0 Å². The number of amides is 3. The van der Waals surface area contributed by atoms with E-state index in [2.05, 4.69) is 20.6 Å². The molecule has 3 aromatic rings. The van der Waals surface area contributed by atoms with Gasteiger partial charge in [-0.05, 0) is 17.7 Å². The lowest BCUT2D eigenvalue weighted by atomic mass is 10.1. The topological polar surface area (TPSA) is 144 Å². The van der Waals surface area contributed by atoms with E-state index in [1.165, 1.54) is 30.3 Å². The van der Waals surface area contributed by atoms with Gasteiger partial charge in [0.1, 0.15) is 11.9 Å². The highest BCUT2D eigenvalue weighted by Crippen LogP contribution is 2.25. The second-order valence-corrected chi connectivity index (χ2v) is 8.33. The van der Waals surface area contributed by atoms with Gasteiger partial charge >= 0.3 is 17.7 Å². The van der Waals surface area contributed by atoms with E-state index in [0.717, 1.165) is 5.56 Å². The molecule has 0 saturated heterocycles. The van der Waals surface area contributed by atoms with Gasteiger partial charge in [0.15, 0.2) is 0 Å². The number of rotatable bonds is 8. The summed E-state index contributed by atoms with van der Waals surface area (Å²) in [6.45, 7) is 0.263. The van der Waals surface area contributed by atoms with E-state index < -0.39 is 29.6 Å². The first-order valence-corrected chi connectivity index (χ1v) is 11.0. The van der Waals surface area contributed by atoms with Crippen molar-refractivity contribution in [2.45, 2.75) is 19.0 Å². The molecule has 4 N–H and O–H groups in total. The fraction of sp³-hybridized carbons (Fsp3) is 0.174. The van der Waals surface area contributed by atoms with Gasteiger partial charge in [0.05, 0.1) is 15.6 Å². The summed E-state index contributed by atoms with van der Waals surface area (Å²) in [6.07, 6.45) is 0.935. The zero-order valence-electron chi connectivity index (χ0n) is 18.4. The molecule has 2 aromatic carbocycles. The standard InChI is InChI=1S/C23H21Cl2N5O5/c1-30(12-13-6-3-2-4-7-13)23(35)27-17(21(32)33)10-14-11-26-22(34)29-19(14)28-20(31)18-15(24)8-5-9-16(18)25/h2-9,11,17H,10,12H2,1H3,(H,27,35)(H,32,33)(H2,26,28,29,31,34). The monoisotopic (exact) mass is 517 g/mol. The number of aromatic amines is 1. The molecule has 1 unspecified atom stereocenters. The summed E-state index contributed by atoms with van der Waals surface area (Å²) in [6, 6.07) is 11.7. The van der Waals surface area contributed by atoms with Crippen LogP contribution >= 0.6 is 23.2 Å². The van der Waals surface area contributed by atoms with Gasteiger partial charge in [0.25, 0.3) is 5.91 Å². The molecule has 182 valence electrons. The first-order valence-electron chi connectivity index (χ1n) is 10.3. The highest BCUT2D eigenvalue weighted by atomic mass is 35.5. The lowest BCUT2D eigenvalue weighted by Crippen LogP contribution is -2.47. The van der Waals surface area contributed by atoms with Crippen LogP contribution in [-0.4, -0.2) is 51.0 Å². The Morgan fingerprint density at radius 1 is 1.09 bits per heavy atom. The number of halogens is 2. The van der Waals surface area contributed by atoms with Gasteiger partial charge in [0.2, 0.25) is 0 Å².